The number of nitrogens with zero attached hydrogens (tertiary/aromatic N) is 1. The number of carbonyl (C=O) groups excluding carboxylic acids is 2. The van der Waals surface area contributed by atoms with Crippen molar-refractivity contribution in [3.05, 3.63) is 65.2 Å². The maximum absolute atomic E-state index is 13.4. The van der Waals surface area contributed by atoms with Crippen LogP contribution >= 0.6 is 0 Å². The summed E-state index contributed by atoms with van der Waals surface area (Å²) in [6.45, 7) is 10.8. The number of hydrogen-bond acceptors (Lipinski definition) is 3. The minimum absolute atomic E-state index is 0.0548. The van der Waals surface area contributed by atoms with Crippen LogP contribution in [0.3, 0.4) is 0 Å². The average molecular weight is 479 g/mol. The van der Waals surface area contributed by atoms with Gasteiger partial charge in [-0.25, -0.2) is 0 Å². The number of aryl methyl sites for hydroxylation is 1. The molecule has 0 unspecified atom stereocenters. The summed E-state index contributed by atoms with van der Waals surface area (Å²) in [5.74, 6) is 0.409. The van der Waals surface area contributed by atoms with Crippen LogP contribution in [0.2, 0.25) is 0 Å². The van der Waals surface area contributed by atoms with E-state index in [1.54, 1.807) is 4.90 Å². The molecule has 1 aliphatic rings. The molecule has 1 N–H and O–H groups in total. The summed E-state index contributed by atoms with van der Waals surface area (Å²) in [5, 5.41) is 3.22. The molecule has 0 radical (unpaired) electrons. The first-order chi connectivity index (χ1) is 16.7. The molecule has 0 saturated heterocycles. The Morgan fingerprint density at radius 1 is 1.00 bits per heavy atom. The number of rotatable bonds is 9. The summed E-state index contributed by atoms with van der Waals surface area (Å²) in [6.07, 6.45) is 6.11. The number of benzene rings is 2. The minimum atomic E-state index is -0.530. The van der Waals surface area contributed by atoms with Gasteiger partial charge in [0.25, 0.3) is 5.91 Å². The van der Waals surface area contributed by atoms with E-state index in [4.69, 9.17) is 4.74 Å². The third-order valence-electron chi connectivity index (χ3n) is 6.89. The fourth-order valence-electron chi connectivity index (χ4n) is 4.63. The van der Waals surface area contributed by atoms with Gasteiger partial charge in [-0.05, 0) is 54.9 Å². The van der Waals surface area contributed by atoms with Crippen molar-refractivity contribution >= 4 is 11.8 Å². The minimum Gasteiger partial charge on any atom is -0.484 e. The third kappa shape index (κ3) is 7.84. The predicted octanol–water partition coefficient (Wildman–Crippen LogP) is 5.93. The molecule has 5 nitrogen and oxygen atoms in total. The lowest BCUT2D eigenvalue weighted by molar-refractivity contribution is -0.143. The first kappa shape index (κ1) is 26.8. The number of hydrogen-bond donors (Lipinski definition) is 1. The molecule has 0 heterocycles. The Hall–Kier alpha value is -2.82. The average Bonchev–Trinajstić information content (AvgIpc) is 2.84. The van der Waals surface area contributed by atoms with Crippen molar-refractivity contribution in [2.24, 2.45) is 0 Å². The highest BCUT2D eigenvalue weighted by Crippen LogP contribution is 2.24. The molecule has 0 bridgehead atoms. The quantitative estimate of drug-likeness (QED) is 0.486. The molecule has 2 aromatic carbocycles. The first-order valence-electron chi connectivity index (χ1n) is 13.1. The molecular weight excluding hydrogens is 436 g/mol. The number of nitrogens with one attached hydrogen (secondary N) is 1. The number of ether oxygens (including phenoxy) is 1. The zero-order chi connectivity index (χ0) is 25.4. The fraction of sp³-hybridized carbons (Fsp3) is 0.533. The largest absolute Gasteiger partial charge is 0.484 e. The van der Waals surface area contributed by atoms with Crippen LogP contribution < -0.4 is 10.1 Å². The van der Waals surface area contributed by atoms with Crippen LogP contribution in [0, 0.1) is 6.92 Å². The summed E-state index contributed by atoms with van der Waals surface area (Å²) in [4.78, 5) is 28.4. The van der Waals surface area contributed by atoms with E-state index >= 15 is 0 Å². The molecule has 0 aliphatic heterocycles. The molecule has 1 saturated carbocycles. The molecule has 35 heavy (non-hydrogen) atoms. The molecule has 3 rings (SSSR count). The van der Waals surface area contributed by atoms with Gasteiger partial charge >= 0.3 is 0 Å². The Balaban J connectivity index is 1.73. The molecule has 2 aromatic rings. The summed E-state index contributed by atoms with van der Waals surface area (Å²) in [5.41, 5.74) is 3.43. The lowest BCUT2D eigenvalue weighted by Crippen LogP contribution is -2.52. The molecule has 1 atom stereocenters. The Kier molecular flexibility index (Phi) is 9.36. The fourth-order valence-corrected chi connectivity index (χ4v) is 4.63. The van der Waals surface area contributed by atoms with Gasteiger partial charge in [-0.2, -0.15) is 0 Å². The van der Waals surface area contributed by atoms with Crippen molar-refractivity contribution in [2.75, 3.05) is 6.61 Å². The SMILES string of the molecule is CC[C@H](C(=O)NC1CCCCC1)N(Cc1ccc(C)cc1)C(=O)COc1ccc(C(C)(C)C)cc1. The Morgan fingerprint density at radius 2 is 1.63 bits per heavy atom. The lowest BCUT2D eigenvalue weighted by atomic mass is 9.87. The molecule has 1 aliphatic carbocycles. The van der Waals surface area contributed by atoms with Crippen LogP contribution in [0.15, 0.2) is 48.5 Å². The second-order valence-corrected chi connectivity index (χ2v) is 10.8. The van der Waals surface area contributed by atoms with Gasteiger partial charge in [0.05, 0.1) is 0 Å². The number of carbonyl (C=O) groups is 2. The van der Waals surface area contributed by atoms with Gasteiger partial charge in [0.2, 0.25) is 5.91 Å². The molecule has 1 fully saturated rings. The second kappa shape index (κ2) is 12.2. The Labute approximate surface area is 211 Å². The smallest absolute Gasteiger partial charge is 0.261 e. The maximum Gasteiger partial charge on any atom is 0.261 e. The van der Waals surface area contributed by atoms with Gasteiger partial charge in [0.1, 0.15) is 11.8 Å². The van der Waals surface area contributed by atoms with Gasteiger partial charge in [0, 0.05) is 12.6 Å². The van der Waals surface area contributed by atoms with Crippen LogP contribution in [-0.2, 0) is 21.5 Å². The maximum atomic E-state index is 13.4. The van der Waals surface area contributed by atoms with E-state index in [1.807, 2.05) is 62.4 Å². The van der Waals surface area contributed by atoms with Crippen LogP contribution in [0.5, 0.6) is 5.75 Å². The molecule has 0 spiro atoms. The number of amides is 2. The molecule has 2 amide bonds. The van der Waals surface area contributed by atoms with Crippen molar-refractivity contribution in [1.29, 1.82) is 0 Å². The third-order valence-corrected chi connectivity index (χ3v) is 6.89. The predicted molar refractivity (Wildman–Crippen MR) is 141 cm³/mol. The van der Waals surface area contributed by atoms with Crippen molar-refractivity contribution in [3.8, 4) is 5.75 Å². The Morgan fingerprint density at radius 3 is 2.20 bits per heavy atom. The summed E-state index contributed by atoms with van der Waals surface area (Å²) in [7, 11) is 0. The topological polar surface area (TPSA) is 58.6 Å². The van der Waals surface area contributed by atoms with Gasteiger partial charge in [-0.3, -0.25) is 9.59 Å². The highest BCUT2D eigenvalue weighted by Gasteiger charge is 2.30. The first-order valence-corrected chi connectivity index (χ1v) is 13.1. The normalized spacial score (nSPS) is 15.3. The van der Waals surface area contributed by atoms with Crippen LogP contribution in [-0.4, -0.2) is 35.4 Å². The molecule has 5 heteroatoms. The standard InChI is InChI=1S/C30H42N2O3/c1-6-27(29(34)31-25-10-8-7-9-11-25)32(20-23-14-12-22(2)13-15-23)28(33)21-35-26-18-16-24(17-19-26)30(3,4)5/h12-19,25,27H,6-11,20-21H2,1-5H3,(H,31,34)/t27-/m1/s1. The summed E-state index contributed by atoms with van der Waals surface area (Å²) in [6, 6.07) is 15.7. The summed E-state index contributed by atoms with van der Waals surface area (Å²) < 4.78 is 5.87. The Bertz CT molecular complexity index is 955. The van der Waals surface area contributed by atoms with E-state index in [1.165, 1.54) is 12.0 Å². The van der Waals surface area contributed by atoms with Gasteiger partial charge < -0.3 is 15.0 Å². The van der Waals surface area contributed by atoms with Gasteiger partial charge in [-0.1, -0.05) is 88.9 Å². The van der Waals surface area contributed by atoms with E-state index < -0.39 is 6.04 Å². The van der Waals surface area contributed by atoms with Crippen LogP contribution in [0.25, 0.3) is 0 Å². The molecule has 0 aromatic heterocycles. The highest BCUT2D eigenvalue weighted by atomic mass is 16.5. The van der Waals surface area contributed by atoms with Crippen LogP contribution in [0.4, 0.5) is 0 Å². The van der Waals surface area contributed by atoms with Gasteiger partial charge in [-0.15, -0.1) is 0 Å². The summed E-state index contributed by atoms with van der Waals surface area (Å²) >= 11 is 0. The van der Waals surface area contributed by atoms with Crippen molar-refractivity contribution in [1.82, 2.24) is 10.2 Å². The van der Waals surface area contributed by atoms with E-state index in [9.17, 15) is 9.59 Å². The molecule has 190 valence electrons. The highest BCUT2D eigenvalue weighted by molar-refractivity contribution is 5.88. The van der Waals surface area contributed by atoms with Crippen molar-refractivity contribution in [2.45, 2.75) is 97.2 Å². The monoisotopic (exact) mass is 478 g/mol. The lowest BCUT2D eigenvalue weighted by Gasteiger charge is -2.32. The zero-order valence-electron chi connectivity index (χ0n) is 22.1. The van der Waals surface area contributed by atoms with Gasteiger partial charge in [0.15, 0.2) is 6.61 Å². The molecular formula is C30H42N2O3. The van der Waals surface area contributed by atoms with E-state index in [0.717, 1.165) is 36.8 Å². The van der Waals surface area contributed by atoms with Crippen molar-refractivity contribution in [3.63, 3.8) is 0 Å². The second-order valence-electron chi connectivity index (χ2n) is 10.8. The van der Waals surface area contributed by atoms with E-state index in [0.29, 0.717) is 18.7 Å². The zero-order valence-corrected chi connectivity index (χ0v) is 22.1. The van der Waals surface area contributed by atoms with E-state index in [-0.39, 0.29) is 29.9 Å². The van der Waals surface area contributed by atoms with Crippen molar-refractivity contribution < 1.29 is 14.3 Å². The van der Waals surface area contributed by atoms with E-state index in [2.05, 4.69) is 26.1 Å². The van der Waals surface area contributed by atoms with Crippen LogP contribution in [0.1, 0.15) is 82.9 Å².